The lowest BCUT2D eigenvalue weighted by atomic mass is 10.1. The Hall–Kier alpha value is -0.170. The highest BCUT2D eigenvalue weighted by Gasteiger charge is 2.12. The van der Waals surface area contributed by atoms with Crippen LogP contribution in [0.5, 0.6) is 0 Å². The lowest BCUT2D eigenvalue weighted by Gasteiger charge is -2.28. The average Bonchev–Trinajstić information content (AvgIpc) is 2.38. The summed E-state index contributed by atoms with van der Waals surface area (Å²) >= 11 is 0. The van der Waals surface area contributed by atoms with E-state index in [1.807, 2.05) is 0 Å². The zero-order valence-corrected chi connectivity index (χ0v) is 15.2. The van der Waals surface area contributed by atoms with E-state index in [9.17, 15) is 13.0 Å². The summed E-state index contributed by atoms with van der Waals surface area (Å²) in [6.45, 7) is 2.21. The molecule has 5 nitrogen and oxygen atoms in total. The molecule has 0 heterocycles. The van der Waals surface area contributed by atoms with Gasteiger partial charge in [0.2, 0.25) is 0 Å². The summed E-state index contributed by atoms with van der Waals surface area (Å²) < 4.78 is 32.2. The number of hydrogen-bond donors (Lipinski definition) is 1. The number of rotatable bonds is 15. The molecule has 134 valence electrons. The molecule has 0 amide bonds. The molecule has 0 aromatic heterocycles. The second-order valence-corrected chi connectivity index (χ2v) is 8.43. The third-order valence-electron chi connectivity index (χ3n) is 4.11. The van der Waals surface area contributed by atoms with Gasteiger partial charge in [-0.3, -0.25) is 0 Å². The normalized spacial score (nSPS) is 12.7. The highest BCUT2D eigenvalue weighted by atomic mass is 32.2. The Labute approximate surface area is 137 Å². The highest BCUT2D eigenvalue weighted by molar-refractivity contribution is 7.85. The zero-order chi connectivity index (χ0) is 16.9. The van der Waals surface area contributed by atoms with Gasteiger partial charge in [-0.15, -0.1) is 0 Å². The second-order valence-electron chi connectivity index (χ2n) is 6.90. The van der Waals surface area contributed by atoms with Gasteiger partial charge in [0.1, 0.15) is 6.54 Å². The number of aliphatic hydroxyl groups excluding tert-OH is 1. The van der Waals surface area contributed by atoms with Crippen LogP contribution in [0.4, 0.5) is 0 Å². The van der Waals surface area contributed by atoms with Crippen molar-refractivity contribution < 1.29 is 22.6 Å². The van der Waals surface area contributed by atoms with E-state index >= 15 is 0 Å². The van der Waals surface area contributed by atoms with E-state index in [2.05, 4.69) is 14.1 Å². The minimum absolute atomic E-state index is 0.210. The predicted octanol–water partition coefficient (Wildman–Crippen LogP) is 2.50. The first kappa shape index (κ1) is 21.8. The van der Waals surface area contributed by atoms with E-state index in [0.29, 0.717) is 6.42 Å². The van der Waals surface area contributed by atoms with Gasteiger partial charge >= 0.3 is 0 Å². The van der Waals surface area contributed by atoms with E-state index in [1.54, 1.807) is 0 Å². The van der Waals surface area contributed by atoms with Crippen molar-refractivity contribution in [1.82, 2.24) is 0 Å². The second kappa shape index (κ2) is 12.3. The molecule has 1 N–H and O–H groups in total. The van der Waals surface area contributed by atoms with Gasteiger partial charge in [-0.05, 0) is 19.3 Å². The average molecular weight is 338 g/mol. The van der Waals surface area contributed by atoms with Crippen LogP contribution in [-0.4, -0.2) is 62.1 Å². The molecular weight excluding hydrogens is 302 g/mol. The molecule has 22 heavy (non-hydrogen) atoms. The van der Waals surface area contributed by atoms with Crippen LogP contribution in [-0.2, 0) is 10.1 Å². The van der Waals surface area contributed by atoms with Crippen LogP contribution in [0.25, 0.3) is 0 Å². The van der Waals surface area contributed by atoms with Crippen molar-refractivity contribution in [1.29, 1.82) is 0 Å². The topological polar surface area (TPSA) is 77.4 Å². The van der Waals surface area contributed by atoms with Gasteiger partial charge in [0, 0.05) is 5.75 Å². The Kier molecular flexibility index (Phi) is 12.2. The fraction of sp³-hybridized carbons (Fsp3) is 1.00. The largest absolute Gasteiger partial charge is 0.748 e. The highest BCUT2D eigenvalue weighted by Crippen LogP contribution is 2.12. The Balaban J connectivity index is 3.24. The van der Waals surface area contributed by atoms with E-state index in [-0.39, 0.29) is 12.4 Å². The van der Waals surface area contributed by atoms with Gasteiger partial charge in [-0.1, -0.05) is 44.9 Å². The third kappa shape index (κ3) is 16.2. The van der Waals surface area contributed by atoms with Gasteiger partial charge in [-0.25, -0.2) is 8.42 Å². The standard InChI is InChI=1S/C16H35NO4S/c1-17(2,14-15-18)13-11-9-7-5-3-4-6-8-10-12-16-22(19,20)21/h18H,3-16H2,1-2H3. The van der Waals surface area contributed by atoms with Crippen molar-refractivity contribution in [2.75, 3.05) is 39.5 Å². The van der Waals surface area contributed by atoms with Crippen LogP contribution >= 0.6 is 0 Å². The molecule has 0 bridgehead atoms. The molecule has 0 saturated heterocycles. The van der Waals surface area contributed by atoms with Crippen LogP contribution in [0.1, 0.15) is 64.2 Å². The number of hydrogen-bond acceptors (Lipinski definition) is 4. The molecule has 0 saturated carbocycles. The lowest BCUT2D eigenvalue weighted by molar-refractivity contribution is -0.890. The van der Waals surface area contributed by atoms with Gasteiger partial charge < -0.3 is 14.1 Å². The SMILES string of the molecule is C[N+](C)(CCO)CCCCCCCCCCCCS(=O)(=O)[O-]. The summed E-state index contributed by atoms with van der Waals surface area (Å²) in [7, 11) is 0.308. The molecular formula is C16H35NO4S. The molecule has 0 aromatic rings. The molecule has 0 aliphatic carbocycles. The number of nitrogens with zero attached hydrogens (tertiary/aromatic N) is 1. The van der Waals surface area contributed by atoms with E-state index in [0.717, 1.165) is 36.8 Å². The minimum Gasteiger partial charge on any atom is -0.748 e. The first-order valence-electron chi connectivity index (χ1n) is 8.63. The summed E-state index contributed by atoms with van der Waals surface area (Å²) in [6, 6.07) is 0. The molecule has 0 radical (unpaired) electrons. The Morgan fingerprint density at radius 2 is 1.18 bits per heavy atom. The van der Waals surface area contributed by atoms with Crippen molar-refractivity contribution >= 4 is 10.1 Å². The Morgan fingerprint density at radius 1 is 0.773 bits per heavy atom. The van der Waals surface area contributed by atoms with Crippen molar-refractivity contribution in [3.05, 3.63) is 0 Å². The van der Waals surface area contributed by atoms with Gasteiger partial charge in [0.25, 0.3) is 0 Å². The molecule has 0 atom stereocenters. The van der Waals surface area contributed by atoms with Crippen LogP contribution < -0.4 is 0 Å². The van der Waals surface area contributed by atoms with Crippen LogP contribution in [0, 0.1) is 0 Å². The number of likely N-dealkylation sites (N-methyl/N-ethyl adjacent to an activating group) is 1. The lowest BCUT2D eigenvalue weighted by Crippen LogP contribution is -2.42. The Morgan fingerprint density at radius 3 is 1.59 bits per heavy atom. The first-order valence-corrected chi connectivity index (χ1v) is 10.2. The van der Waals surface area contributed by atoms with E-state index in [1.165, 1.54) is 38.5 Å². The fourth-order valence-corrected chi connectivity index (χ4v) is 3.17. The van der Waals surface area contributed by atoms with Crippen molar-refractivity contribution in [2.24, 2.45) is 0 Å². The van der Waals surface area contributed by atoms with Crippen molar-refractivity contribution in [3.63, 3.8) is 0 Å². The summed E-state index contributed by atoms with van der Waals surface area (Å²) in [6.07, 6.45) is 11.0. The Bertz CT molecular complexity index is 355. The van der Waals surface area contributed by atoms with Gasteiger partial charge in [-0.2, -0.15) is 0 Å². The molecule has 0 fully saturated rings. The first-order chi connectivity index (χ1) is 10.3. The number of unbranched alkanes of at least 4 members (excludes halogenated alkanes) is 9. The summed E-state index contributed by atoms with van der Waals surface area (Å²) in [5.74, 6) is -0.210. The maximum atomic E-state index is 10.4. The molecule has 6 heteroatoms. The summed E-state index contributed by atoms with van der Waals surface area (Å²) in [5, 5.41) is 8.96. The maximum absolute atomic E-state index is 10.4. The minimum atomic E-state index is -4.01. The van der Waals surface area contributed by atoms with Crippen molar-refractivity contribution in [3.8, 4) is 0 Å². The fourth-order valence-electron chi connectivity index (χ4n) is 2.62. The third-order valence-corrected chi connectivity index (χ3v) is 4.90. The molecule has 0 rings (SSSR count). The quantitative estimate of drug-likeness (QED) is 0.283. The smallest absolute Gasteiger partial charge is 0.102 e. The van der Waals surface area contributed by atoms with Gasteiger partial charge in [0.15, 0.2) is 0 Å². The molecule has 0 spiro atoms. The monoisotopic (exact) mass is 337 g/mol. The summed E-state index contributed by atoms with van der Waals surface area (Å²) in [4.78, 5) is 0. The van der Waals surface area contributed by atoms with Crippen LogP contribution in [0.15, 0.2) is 0 Å². The molecule has 0 aromatic carbocycles. The van der Waals surface area contributed by atoms with Crippen LogP contribution in [0.3, 0.4) is 0 Å². The molecule has 0 aliphatic rings. The molecule has 0 aliphatic heterocycles. The maximum Gasteiger partial charge on any atom is 0.102 e. The van der Waals surface area contributed by atoms with Crippen molar-refractivity contribution in [2.45, 2.75) is 64.2 Å². The zero-order valence-electron chi connectivity index (χ0n) is 14.4. The summed E-state index contributed by atoms with van der Waals surface area (Å²) in [5.41, 5.74) is 0. The molecule has 0 unspecified atom stereocenters. The number of aliphatic hydroxyl groups is 1. The number of quaternary nitrogens is 1. The van der Waals surface area contributed by atoms with Gasteiger partial charge in [0.05, 0.1) is 37.4 Å². The van der Waals surface area contributed by atoms with Crippen LogP contribution in [0.2, 0.25) is 0 Å². The van der Waals surface area contributed by atoms with E-state index in [4.69, 9.17) is 5.11 Å². The predicted molar refractivity (Wildman–Crippen MR) is 89.7 cm³/mol. The van der Waals surface area contributed by atoms with E-state index < -0.39 is 10.1 Å².